The van der Waals surface area contributed by atoms with Crippen LogP contribution in [-0.2, 0) is 4.74 Å². The zero-order valence-electron chi connectivity index (χ0n) is 12.5. The van der Waals surface area contributed by atoms with E-state index in [1.807, 2.05) is 6.92 Å². The third-order valence-corrected chi connectivity index (χ3v) is 3.68. The number of ether oxygens (including phenoxy) is 1. The quantitative estimate of drug-likeness (QED) is 0.643. The summed E-state index contributed by atoms with van der Waals surface area (Å²) in [5.41, 5.74) is 6.18. The van der Waals surface area contributed by atoms with Crippen LogP contribution in [0.2, 0.25) is 0 Å². The van der Waals surface area contributed by atoms with Gasteiger partial charge in [0, 0.05) is 18.3 Å². The Bertz CT molecular complexity index is 516. The van der Waals surface area contributed by atoms with Gasteiger partial charge in [-0.15, -0.1) is 0 Å². The Morgan fingerprint density at radius 3 is 2.76 bits per heavy atom. The van der Waals surface area contributed by atoms with E-state index in [4.69, 9.17) is 5.73 Å². The molecule has 1 heterocycles. The van der Waals surface area contributed by atoms with Crippen LogP contribution in [0.4, 0.5) is 15.8 Å². The second-order valence-electron chi connectivity index (χ2n) is 5.46. The summed E-state index contributed by atoms with van der Waals surface area (Å²) in [6.07, 6.45) is 2.44. The SMILES string of the molecule is COC(=O)c1cc(NC(C)CN2CCCC2)c(F)cc1N. The van der Waals surface area contributed by atoms with Gasteiger partial charge in [-0.2, -0.15) is 0 Å². The van der Waals surface area contributed by atoms with Crippen molar-refractivity contribution in [2.75, 3.05) is 37.8 Å². The van der Waals surface area contributed by atoms with E-state index in [-0.39, 0.29) is 23.0 Å². The van der Waals surface area contributed by atoms with Gasteiger partial charge >= 0.3 is 5.97 Å². The number of anilines is 2. The Morgan fingerprint density at radius 1 is 1.48 bits per heavy atom. The highest BCUT2D eigenvalue weighted by atomic mass is 19.1. The van der Waals surface area contributed by atoms with Crippen molar-refractivity contribution in [1.82, 2.24) is 4.90 Å². The molecule has 21 heavy (non-hydrogen) atoms. The molecule has 0 bridgehead atoms. The highest BCUT2D eigenvalue weighted by Gasteiger charge is 2.18. The Hall–Kier alpha value is -1.82. The second-order valence-corrected chi connectivity index (χ2v) is 5.46. The van der Waals surface area contributed by atoms with Gasteiger partial charge in [-0.05, 0) is 45.0 Å². The van der Waals surface area contributed by atoms with Gasteiger partial charge in [0.15, 0.2) is 0 Å². The monoisotopic (exact) mass is 295 g/mol. The van der Waals surface area contributed by atoms with Gasteiger partial charge in [0.25, 0.3) is 0 Å². The molecule has 1 aromatic rings. The molecule has 1 atom stereocenters. The summed E-state index contributed by atoms with van der Waals surface area (Å²) in [5, 5.41) is 3.10. The Labute approximate surface area is 124 Å². The lowest BCUT2D eigenvalue weighted by atomic mass is 10.1. The molecule has 0 aromatic heterocycles. The van der Waals surface area contributed by atoms with Crippen LogP contribution in [0.3, 0.4) is 0 Å². The molecule has 0 radical (unpaired) electrons. The number of rotatable bonds is 5. The summed E-state index contributed by atoms with van der Waals surface area (Å²) in [6, 6.07) is 2.64. The van der Waals surface area contributed by atoms with E-state index in [0.717, 1.165) is 25.7 Å². The molecule has 116 valence electrons. The largest absolute Gasteiger partial charge is 0.465 e. The Balaban J connectivity index is 2.09. The smallest absolute Gasteiger partial charge is 0.340 e. The van der Waals surface area contributed by atoms with Crippen molar-refractivity contribution in [1.29, 1.82) is 0 Å². The van der Waals surface area contributed by atoms with Crippen molar-refractivity contribution in [2.24, 2.45) is 0 Å². The van der Waals surface area contributed by atoms with Crippen molar-refractivity contribution in [2.45, 2.75) is 25.8 Å². The van der Waals surface area contributed by atoms with E-state index >= 15 is 0 Å². The van der Waals surface area contributed by atoms with Crippen LogP contribution in [0.25, 0.3) is 0 Å². The van der Waals surface area contributed by atoms with E-state index in [1.54, 1.807) is 0 Å². The number of nitrogens with two attached hydrogens (primary N) is 1. The minimum Gasteiger partial charge on any atom is -0.465 e. The number of likely N-dealkylation sites (tertiary alicyclic amines) is 1. The van der Waals surface area contributed by atoms with Crippen LogP contribution >= 0.6 is 0 Å². The summed E-state index contributed by atoms with van der Waals surface area (Å²) in [7, 11) is 1.27. The number of nitrogen functional groups attached to an aromatic ring is 1. The van der Waals surface area contributed by atoms with Crippen molar-refractivity contribution < 1.29 is 13.9 Å². The van der Waals surface area contributed by atoms with Crippen LogP contribution in [0.5, 0.6) is 0 Å². The zero-order valence-corrected chi connectivity index (χ0v) is 12.5. The van der Waals surface area contributed by atoms with E-state index in [0.29, 0.717) is 0 Å². The molecule has 1 aliphatic heterocycles. The fourth-order valence-electron chi connectivity index (χ4n) is 2.65. The van der Waals surface area contributed by atoms with E-state index in [2.05, 4.69) is 15.0 Å². The number of carbonyl (C=O) groups is 1. The molecule has 1 aliphatic rings. The maximum atomic E-state index is 14.0. The minimum absolute atomic E-state index is 0.0757. The predicted octanol–water partition coefficient (Wildman–Crippen LogP) is 2.09. The molecule has 0 saturated carbocycles. The molecular formula is C15H22FN3O2. The molecule has 1 saturated heterocycles. The number of hydrogen-bond acceptors (Lipinski definition) is 5. The minimum atomic E-state index is -0.567. The van der Waals surface area contributed by atoms with Crippen molar-refractivity contribution in [3.8, 4) is 0 Å². The Morgan fingerprint density at radius 2 is 2.14 bits per heavy atom. The fraction of sp³-hybridized carbons (Fsp3) is 0.533. The van der Waals surface area contributed by atoms with Crippen molar-refractivity contribution >= 4 is 17.3 Å². The van der Waals surface area contributed by atoms with Crippen LogP contribution < -0.4 is 11.1 Å². The van der Waals surface area contributed by atoms with Gasteiger partial charge in [0.05, 0.1) is 18.4 Å². The van der Waals surface area contributed by atoms with Crippen molar-refractivity contribution in [3.63, 3.8) is 0 Å². The zero-order chi connectivity index (χ0) is 15.4. The first kappa shape index (κ1) is 15.6. The molecule has 2 rings (SSSR count). The Kier molecular flexibility index (Phi) is 5.01. The first-order chi connectivity index (χ1) is 10.0. The lowest BCUT2D eigenvalue weighted by Crippen LogP contribution is -2.33. The van der Waals surface area contributed by atoms with Crippen molar-refractivity contribution in [3.05, 3.63) is 23.5 Å². The topological polar surface area (TPSA) is 67.6 Å². The molecule has 0 aliphatic carbocycles. The van der Waals surface area contributed by atoms with Crippen LogP contribution in [0.15, 0.2) is 12.1 Å². The maximum Gasteiger partial charge on any atom is 0.340 e. The number of carbonyl (C=O) groups excluding carboxylic acids is 1. The first-order valence-electron chi connectivity index (χ1n) is 7.17. The predicted molar refractivity (Wildman–Crippen MR) is 80.9 cm³/mol. The van der Waals surface area contributed by atoms with Gasteiger partial charge in [-0.1, -0.05) is 0 Å². The third-order valence-electron chi connectivity index (χ3n) is 3.68. The molecule has 1 fully saturated rings. The van der Waals surface area contributed by atoms with E-state index in [9.17, 15) is 9.18 Å². The van der Waals surface area contributed by atoms with E-state index in [1.165, 1.54) is 26.0 Å². The molecule has 0 spiro atoms. The molecule has 0 amide bonds. The summed E-state index contributed by atoms with van der Waals surface area (Å²) in [6.45, 7) is 5.01. The average Bonchev–Trinajstić information content (AvgIpc) is 2.93. The van der Waals surface area contributed by atoms with Gasteiger partial charge in [-0.3, -0.25) is 0 Å². The summed E-state index contributed by atoms with van der Waals surface area (Å²) >= 11 is 0. The van der Waals surface area contributed by atoms with Crippen LogP contribution in [0, 0.1) is 5.82 Å². The summed E-state index contributed by atoms with van der Waals surface area (Å²) in [5.74, 6) is -1.03. The lowest BCUT2D eigenvalue weighted by molar-refractivity contribution is 0.0602. The molecule has 1 unspecified atom stereocenters. The first-order valence-corrected chi connectivity index (χ1v) is 7.17. The number of esters is 1. The molecule has 3 N–H and O–H groups in total. The van der Waals surface area contributed by atoms with Crippen LogP contribution in [0.1, 0.15) is 30.1 Å². The fourth-order valence-corrected chi connectivity index (χ4v) is 2.65. The van der Waals surface area contributed by atoms with Gasteiger partial charge in [0.2, 0.25) is 0 Å². The number of halogens is 1. The molecule has 1 aromatic carbocycles. The second kappa shape index (κ2) is 6.76. The maximum absolute atomic E-state index is 14.0. The highest BCUT2D eigenvalue weighted by molar-refractivity contribution is 5.96. The summed E-state index contributed by atoms with van der Waals surface area (Å²) in [4.78, 5) is 13.9. The van der Waals surface area contributed by atoms with Crippen LogP contribution in [-0.4, -0.2) is 43.7 Å². The third kappa shape index (κ3) is 3.85. The van der Waals surface area contributed by atoms with Gasteiger partial charge in [-0.25, -0.2) is 9.18 Å². The normalized spacial score (nSPS) is 16.7. The number of nitrogens with zero attached hydrogens (tertiary/aromatic N) is 1. The number of hydrogen-bond donors (Lipinski definition) is 2. The van der Waals surface area contributed by atoms with Gasteiger partial charge in [0.1, 0.15) is 5.82 Å². The number of nitrogens with one attached hydrogen (secondary N) is 1. The number of methoxy groups -OCH3 is 1. The van der Waals surface area contributed by atoms with Gasteiger partial charge < -0.3 is 20.7 Å². The highest BCUT2D eigenvalue weighted by Crippen LogP contribution is 2.23. The lowest BCUT2D eigenvalue weighted by Gasteiger charge is -2.22. The summed E-state index contributed by atoms with van der Waals surface area (Å²) < 4.78 is 18.6. The molecule has 5 nitrogen and oxygen atoms in total. The molecular weight excluding hydrogens is 273 g/mol. The molecule has 6 heteroatoms. The standard InChI is InChI=1S/C15H22FN3O2/c1-10(9-19-5-3-4-6-19)18-14-7-11(15(20)21-2)13(17)8-12(14)16/h7-8,10,18H,3-6,9,17H2,1-2H3. The van der Waals surface area contributed by atoms with E-state index < -0.39 is 11.8 Å². The number of benzene rings is 1. The average molecular weight is 295 g/mol.